The number of hydrogen-bond donors (Lipinski definition) is 1. The molecule has 0 spiro atoms. The van der Waals surface area contributed by atoms with Crippen LogP contribution in [-0.2, 0) is 16.1 Å². The molecule has 1 aromatic carbocycles. The fourth-order valence-electron chi connectivity index (χ4n) is 1.74. The molecule has 1 aromatic rings. The van der Waals surface area contributed by atoms with E-state index < -0.39 is 0 Å². The first-order valence-electron chi connectivity index (χ1n) is 5.40. The van der Waals surface area contributed by atoms with Gasteiger partial charge in [0.2, 0.25) is 11.8 Å². The van der Waals surface area contributed by atoms with Crippen LogP contribution in [0.5, 0.6) is 0 Å². The smallest absolute Gasteiger partial charge is 0.246 e. The van der Waals surface area contributed by atoms with Gasteiger partial charge in [0.1, 0.15) is 0 Å². The fraction of sp³-hybridized carbons (Fsp3) is 0.333. The molecule has 90 valence electrons. The lowest BCUT2D eigenvalue weighted by Crippen LogP contribution is -2.56. The summed E-state index contributed by atoms with van der Waals surface area (Å²) >= 11 is 6.01. The van der Waals surface area contributed by atoms with E-state index in [0.717, 1.165) is 5.56 Å². The molecule has 1 fully saturated rings. The summed E-state index contributed by atoms with van der Waals surface area (Å²) < 4.78 is 0. The van der Waals surface area contributed by atoms with Crippen molar-refractivity contribution in [2.24, 2.45) is 0 Å². The van der Waals surface area contributed by atoms with Crippen LogP contribution in [0.4, 0.5) is 0 Å². The summed E-state index contributed by atoms with van der Waals surface area (Å²) in [5.74, 6) is -0.422. The van der Waals surface area contributed by atoms with Crippen molar-refractivity contribution in [1.29, 1.82) is 0 Å². The fourth-order valence-corrected chi connectivity index (χ4v) is 1.94. The largest absolute Gasteiger partial charge is 0.298 e. The summed E-state index contributed by atoms with van der Waals surface area (Å²) in [7, 11) is 0. The molecule has 0 aliphatic carbocycles. The molecule has 2 amide bonds. The summed E-state index contributed by atoms with van der Waals surface area (Å²) in [6.07, 6.45) is 0. The van der Waals surface area contributed by atoms with Crippen LogP contribution in [0, 0.1) is 0 Å². The highest BCUT2D eigenvalue weighted by Gasteiger charge is 2.31. The Kier molecular flexibility index (Phi) is 3.45. The van der Waals surface area contributed by atoms with Crippen molar-refractivity contribution in [3.05, 3.63) is 34.9 Å². The van der Waals surface area contributed by atoms with Crippen molar-refractivity contribution >= 4 is 23.4 Å². The maximum atomic E-state index is 11.9. The molecule has 17 heavy (non-hydrogen) atoms. The average Bonchev–Trinajstić information content (AvgIpc) is 2.32. The Morgan fingerprint density at radius 1 is 1.41 bits per heavy atom. The second-order valence-electron chi connectivity index (χ2n) is 4.01. The number of halogens is 1. The lowest BCUT2D eigenvalue weighted by molar-refractivity contribution is -0.149. The van der Waals surface area contributed by atoms with E-state index in [1.54, 1.807) is 13.0 Å². The van der Waals surface area contributed by atoms with E-state index in [-0.39, 0.29) is 30.9 Å². The van der Waals surface area contributed by atoms with Crippen LogP contribution in [0.2, 0.25) is 5.02 Å². The molecule has 1 atom stereocenters. The number of carbonyl (C=O) groups excluding carboxylic acids is 2. The molecule has 0 radical (unpaired) electrons. The maximum absolute atomic E-state index is 11.9. The molecule has 1 N–H and O–H groups in total. The molecule has 0 bridgehead atoms. The Morgan fingerprint density at radius 3 is 2.82 bits per heavy atom. The molecule has 1 aliphatic rings. The number of hydrogen-bond acceptors (Lipinski definition) is 3. The van der Waals surface area contributed by atoms with E-state index in [0.29, 0.717) is 5.02 Å². The second-order valence-corrected chi connectivity index (χ2v) is 4.42. The number of rotatable bonds is 2. The lowest BCUT2D eigenvalue weighted by atomic mass is 10.1. The first kappa shape index (κ1) is 12.1. The van der Waals surface area contributed by atoms with Crippen molar-refractivity contribution in [3.8, 4) is 0 Å². The Labute approximate surface area is 105 Å². The number of nitrogens with zero attached hydrogens (tertiary/aromatic N) is 1. The average molecular weight is 253 g/mol. The zero-order valence-corrected chi connectivity index (χ0v) is 10.2. The van der Waals surface area contributed by atoms with Gasteiger partial charge in [0.05, 0.1) is 19.1 Å². The normalized spacial score (nSPS) is 20.8. The highest BCUT2D eigenvalue weighted by Crippen LogP contribution is 2.18. The van der Waals surface area contributed by atoms with Crippen LogP contribution >= 0.6 is 11.6 Å². The molecule has 0 aromatic heterocycles. The lowest BCUT2D eigenvalue weighted by Gasteiger charge is -2.29. The van der Waals surface area contributed by atoms with Gasteiger partial charge in [0.25, 0.3) is 0 Å². The van der Waals surface area contributed by atoms with E-state index in [4.69, 9.17) is 11.6 Å². The van der Waals surface area contributed by atoms with E-state index in [1.165, 1.54) is 4.90 Å². The Bertz CT molecular complexity index is 462. The Morgan fingerprint density at radius 2 is 2.12 bits per heavy atom. The van der Waals surface area contributed by atoms with Crippen molar-refractivity contribution in [3.63, 3.8) is 0 Å². The molecule has 1 unspecified atom stereocenters. The van der Waals surface area contributed by atoms with Gasteiger partial charge in [0.15, 0.2) is 0 Å². The highest BCUT2D eigenvalue weighted by molar-refractivity contribution is 6.31. The van der Waals surface area contributed by atoms with Crippen LogP contribution in [0.1, 0.15) is 12.5 Å². The topological polar surface area (TPSA) is 49.4 Å². The van der Waals surface area contributed by atoms with Crippen molar-refractivity contribution < 1.29 is 9.59 Å². The number of piperazine rings is 1. The Hall–Kier alpha value is -1.39. The number of carbonyl (C=O) groups is 2. The predicted octanol–water partition coefficient (Wildman–Crippen LogP) is 1.19. The highest BCUT2D eigenvalue weighted by atomic mass is 35.5. The zero-order valence-electron chi connectivity index (χ0n) is 9.44. The van der Waals surface area contributed by atoms with Gasteiger partial charge in [-0.1, -0.05) is 29.8 Å². The van der Waals surface area contributed by atoms with E-state index in [1.807, 2.05) is 18.2 Å². The molecule has 1 heterocycles. The van der Waals surface area contributed by atoms with Gasteiger partial charge < -0.3 is 0 Å². The Balaban J connectivity index is 2.20. The van der Waals surface area contributed by atoms with E-state index >= 15 is 0 Å². The van der Waals surface area contributed by atoms with Gasteiger partial charge >= 0.3 is 0 Å². The maximum Gasteiger partial charge on any atom is 0.246 e. The summed E-state index contributed by atoms with van der Waals surface area (Å²) in [4.78, 5) is 24.8. The third kappa shape index (κ3) is 2.48. The molecule has 1 saturated heterocycles. The van der Waals surface area contributed by atoms with Crippen LogP contribution in [0.3, 0.4) is 0 Å². The van der Waals surface area contributed by atoms with Gasteiger partial charge in [-0.2, -0.15) is 0 Å². The number of imide groups is 1. The predicted molar refractivity (Wildman–Crippen MR) is 64.5 cm³/mol. The van der Waals surface area contributed by atoms with Gasteiger partial charge in [-0.25, -0.2) is 0 Å². The van der Waals surface area contributed by atoms with Crippen LogP contribution in [-0.4, -0.2) is 29.3 Å². The molecule has 1 aliphatic heterocycles. The zero-order chi connectivity index (χ0) is 12.4. The minimum atomic E-state index is -0.324. The summed E-state index contributed by atoms with van der Waals surface area (Å²) in [5, 5.41) is 3.41. The third-order valence-electron chi connectivity index (χ3n) is 2.78. The van der Waals surface area contributed by atoms with E-state index in [9.17, 15) is 9.59 Å². The minimum absolute atomic E-state index is 0.192. The molecule has 4 nitrogen and oxygen atoms in total. The monoisotopic (exact) mass is 252 g/mol. The first-order valence-corrected chi connectivity index (χ1v) is 5.78. The minimum Gasteiger partial charge on any atom is -0.298 e. The van der Waals surface area contributed by atoms with Crippen LogP contribution in [0.25, 0.3) is 0 Å². The quantitative estimate of drug-likeness (QED) is 0.805. The van der Waals surface area contributed by atoms with E-state index in [2.05, 4.69) is 5.32 Å². The second kappa shape index (κ2) is 4.85. The first-order chi connectivity index (χ1) is 8.09. The standard InChI is InChI=1S/C12H13ClN2O2/c1-8-12(17)15(11(16)6-14-8)7-9-4-2-3-5-10(9)13/h2-5,8,14H,6-7H2,1H3. The summed E-state index contributed by atoms with van der Waals surface area (Å²) in [6, 6.07) is 6.89. The van der Waals surface area contributed by atoms with Gasteiger partial charge in [0, 0.05) is 5.02 Å². The molecular formula is C12H13ClN2O2. The van der Waals surface area contributed by atoms with Crippen molar-refractivity contribution in [1.82, 2.24) is 10.2 Å². The molecular weight excluding hydrogens is 240 g/mol. The summed E-state index contributed by atoms with van der Waals surface area (Å²) in [5.41, 5.74) is 0.782. The van der Waals surface area contributed by atoms with Crippen molar-refractivity contribution in [2.45, 2.75) is 19.5 Å². The molecule has 0 saturated carbocycles. The molecule has 2 rings (SSSR count). The summed E-state index contributed by atoms with van der Waals surface area (Å²) in [6.45, 7) is 2.18. The van der Waals surface area contributed by atoms with Gasteiger partial charge in [-0.3, -0.25) is 19.8 Å². The number of amides is 2. The van der Waals surface area contributed by atoms with Crippen LogP contribution in [0.15, 0.2) is 24.3 Å². The van der Waals surface area contributed by atoms with Crippen LogP contribution < -0.4 is 5.32 Å². The van der Waals surface area contributed by atoms with Gasteiger partial charge in [-0.05, 0) is 18.6 Å². The molecule has 5 heteroatoms. The number of benzene rings is 1. The third-order valence-corrected chi connectivity index (χ3v) is 3.15. The SMILES string of the molecule is CC1NCC(=O)N(Cc2ccccc2Cl)C1=O. The number of nitrogens with one attached hydrogen (secondary N) is 1. The van der Waals surface area contributed by atoms with Gasteiger partial charge in [-0.15, -0.1) is 0 Å². The van der Waals surface area contributed by atoms with Crippen molar-refractivity contribution in [2.75, 3.05) is 6.54 Å².